The Labute approximate surface area is 395 Å². The molecule has 1 aromatic heterocycles. The number of carbonyl (C=O) groups is 6. The highest BCUT2D eigenvalue weighted by molar-refractivity contribution is 7.81. The van der Waals surface area contributed by atoms with Crippen LogP contribution < -0.4 is 0 Å². The van der Waals surface area contributed by atoms with E-state index in [1.807, 2.05) is 6.20 Å². The standard InChI is InChI=1S/C28H46O13S6.C14H11N/c29-21(1-7-42)36-15-27(16-37-22(30)2-8-43,17-38-23(31)3-9-44)13-35-14-28(18-39-24(32)4-10-45,19-40-25(33)5-11-46)20-41-26(34)6-12-47;1-2-15-13-9-5-3-7-11(13)12-8-4-6-10-14(12)15/h42-47H,1-20H2;2-10H,1H2. The summed E-state index contributed by atoms with van der Waals surface area (Å²) < 4.78 is 40.7. The van der Waals surface area contributed by atoms with Crippen LogP contribution in [0.3, 0.4) is 0 Å². The first-order valence-electron chi connectivity index (χ1n) is 19.6. The van der Waals surface area contributed by atoms with Crippen molar-refractivity contribution < 1.29 is 61.9 Å². The molecule has 2 aromatic carbocycles. The molecule has 0 unspecified atom stereocenters. The van der Waals surface area contributed by atoms with E-state index >= 15 is 0 Å². The molecule has 1 heterocycles. The molecular formula is C42H57NO13S6. The molecule has 20 heteroatoms. The number of ether oxygens (including phenoxy) is 7. The molecule has 0 radical (unpaired) electrons. The highest BCUT2D eigenvalue weighted by Gasteiger charge is 2.41. The zero-order chi connectivity index (χ0) is 45.8. The molecule has 0 aliphatic heterocycles. The number of carbonyl (C=O) groups excluding carboxylic acids is 6. The maximum Gasteiger partial charge on any atom is 0.306 e. The van der Waals surface area contributed by atoms with Gasteiger partial charge in [-0.25, -0.2) is 0 Å². The topological polar surface area (TPSA) is 172 Å². The van der Waals surface area contributed by atoms with Crippen molar-refractivity contribution in [3.05, 3.63) is 55.1 Å². The first-order chi connectivity index (χ1) is 29.8. The Balaban J connectivity index is 0.000000720. The van der Waals surface area contributed by atoms with Crippen LogP contribution in [0, 0.1) is 10.8 Å². The van der Waals surface area contributed by atoms with E-state index in [1.165, 1.54) is 21.8 Å². The van der Waals surface area contributed by atoms with Crippen molar-refractivity contribution in [1.82, 2.24) is 4.57 Å². The van der Waals surface area contributed by atoms with E-state index in [0.29, 0.717) is 0 Å². The van der Waals surface area contributed by atoms with Gasteiger partial charge in [-0.15, -0.1) is 0 Å². The fraction of sp³-hybridized carbons (Fsp3) is 0.524. The number of benzene rings is 2. The summed E-state index contributed by atoms with van der Waals surface area (Å²) in [6, 6.07) is 16.8. The molecule has 0 N–H and O–H groups in total. The normalized spacial score (nSPS) is 11.3. The molecule has 0 aliphatic rings. The number of rotatable bonds is 29. The average Bonchev–Trinajstić information content (AvgIpc) is 3.59. The monoisotopic (exact) mass is 975 g/mol. The number of thiol groups is 6. The third-order valence-corrected chi connectivity index (χ3v) is 10.1. The highest BCUT2D eigenvalue weighted by atomic mass is 32.1. The quantitative estimate of drug-likeness (QED) is 0.0270. The molecule has 0 saturated carbocycles. The molecule has 0 fully saturated rings. The number of aromatic nitrogens is 1. The summed E-state index contributed by atoms with van der Waals surface area (Å²) in [6.07, 6.45) is 1.75. The number of esters is 6. The Morgan fingerprint density at radius 1 is 0.435 bits per heavy atom. The van der Waals surface area contributed by atoms with E-state index in [4.69, 9.17) is 33.2 Å². The lowest BCUT2D eigenvalue weighted by Crippen LogP contribution is -2.47. The largest absolute Gasteiger partial charge is 0.465 e. The SMILES string of the molecule is C=Cn1c2ccccc2c2ccccc21.O=C(CCS)OCC(COCC(COC(=O)CCS)(COC(=O)CCS)COC(=O)CCS)(COC(=O)CCS)COC(=O)CCS. The van der Waals surface area contributed by atoms with Gasteiger partial charge in [0, 0.05) is 51.5 Å². The first-order valence-corrected chi connectivity index (χ1v) is 23.4. The molecule has 0 amide bonds. The fourth-order valence-corrected chi connectivity index (χ4v) is 6.61. The van der Waals surface area contributed by atoms with Crippen LogP contribution >= 0.6 is 75.8 Å². The van der Waals surface area contributed by atoms with Crippen molar-refractivity contribution in [2.75, 3.05) is 87.4 Å². The van der Waals surface area contributed by atoms with Crippen LogP contribution in [0.5, 0.6) is 0 Å². The smallest absolute Gasteiger partial charge is 0.306 e. The minimum atomic E-state index is -1.41. The molecule has 344 valence electrons. The van der Waals surface area contributed by atoms with Gasteiger partial charge in [0.2, 0.25) is 0 Å². The maximum atomic E-state index is 12.3. The van der Waals surface area contributed by atoms with E-state index in [1.54, 1.807) is 0 Å². The number of fused-ring (bicyclic) bond motifs is 3. The summed E-state index contributed by atoms with van der Waals surface area (Å²) in [6.45, 7) is 0.847. The Morgan fingerprint density at radius 3 is 0.903 bits per heavy atom. The minimum Gasteiger partial charge on any atom is -0.465 e. The van der Waals surface area contributed by atoms with Crippen LogP contribution in [-0.4, -0.2) is 128 Å². The second-order valence-corrected chi connectivity index (χ2v) is 16.6. The zero-order valence-corrected chi connectivity index (χ0v) is 39.8. The average molecular weight is 976 g/mol. The summed E-state index contributed by atoms with van der Waals surface area (Å²) in [5.74, 6) is -2.37. The maximum absolute atomic E-state index is 12.3. The predicted molar refractivity (Wildman–Crippen MR) is 258 cm³/mol. The lowest BCUT2D eigenvalue weighted by atomic mass is 9.90. The lowest BCUT2D eigenvalue weighted by molar-refractivity contribution is -0.174. The van der Waals surface area contributed by atoms with Crippen LogP contribution in [0.4, 0.5) is 0 Å². The molecule has 3 aromatic rings. The van der Waals surface area contributed by atoms with Gasteiger partial charge in [0.25, 0.3) is 0 Å². The van der Waals surface area contributed by atoms with E-state index in [9.17, 15) is 28.8 Å². The Hall–Kier alpha value is -3.14. The summed E-state index contributed by atoms with van der Waals surface area (Å²) >= 11 is 24.2. The summed E-state index contributed by atoms with van der Waals surface area (Å²) in [7, 11) is 0. The van der Waals surface area contributed by atoms with Crippen molar-refractivity contribution in [2.24, 2.45) is 10.8 Å². The van der Waals surface area contributed by atoms with Crippen LogP contribution in [0.15, 0.2) is 55.1 Å². The van der Waals surface area contributed by atoms with Crippen molar-refractivity contribution >= 4 is 140 Å². The molecular weight excluding hydrogens is 919 g/mol. The molecule has 0 atom stereocenters. The van der Waals surface area contributed by atoms with E-state index in [0.717, 1.165) is 0 Å². The van der Waals surface area contributed by atoms with E-state index in [2.05, 4.69) is 135 Å². The first kappa shape index (κ1) is 55.0. The Bertz CT molecular complexity index is 1650. The lowest BCUT2D eigenvalue weighted by Gasteiger charge is -2.35. The molecule has 0 bridgehead atoms. The van der Waals surface area contributed by atoms with Crippen LogP contribution in [0.2, 0.25) is 0 Å². The van der Waals surface area contributed by atoms with Gasteiger partial charge < -0.3 is 37.7 Å². The third kappa shape index (κ3) is 19.7. The molecule has 14 nitrogen and oxygen atoms in total. The Kier molecular flexibility index (Phi) is 27.4. The summed E-state index contributed by atoms with van der Waals surface area (Å²) in [4.78, 5) is 73.8. The van der Waals surface area contributed by atoms with Crippen LogP contribution in [-0.2, 0) is 61.9 Å². The fourth-order valence-electron chi connectivity index (χ4n) is 5.52. The van der Waals surface area contributed by atoms with Gasteiger partial charge in [0.05, 0.1) is 73.6 Å². The second-order valence-electron chi connectivity index (χ2n) is 13.9. The molecule has 0 aliphatic carbocycles. The van der Waals surface area contributed by atoms with Gasteiger partial charge in [0.1, 0.15) is 39.6 Å². The van der Waals surface area contributed by atoms with E-state index < -0.39 is 46.6 Å². The van der Waals surface area contributed by atoms with Gasteiger partial charge >= 0.3 is 35.8 Å². The van der Waals surface area contributed by atoms with Crippen molar-refractivity contribution in [1.29, 1.82) is 0 Å². The van der Waals surface area contributed by atoms with Crippen LogP contribution in [0.1, 0.15) is 38.5 Å². The Morgan fingerprint density at radius 2 is 0.677 bits per heavy atom. The summed E-state index contributed by atoms with van der Waals surface area (Å²) in [5.41, 5.74) is -0.391. The van der Waals surface area contributed by atoms with Crippen LogP contribution in [0.25, 0.3) is 28.0 Å². The zero-order valence-electron chi connectivity index (χ0n) is 34.5. The molecule has 0 saturated heterocycles. The van der Waals surface area contributed by atoms with Crippen molar-refractivity contribution in [3.63, 3.8) is 0 Å². The van der Waals surface area contributed by atoms with Gasteiger partial charge in [-0.2, -0.15) is 75.8 Å². The van der Waals surface area contributed by atoms with Crippen molar-refractivity contribution in [3.8, 4) is 0 Å². The second kappa shape index (κ2) is 30.9. The third-order valence-electron chi connectivity index (χ3n) is 8.75. The highest BCUT2D eigenvalue weighted by Crippen LogP contribution is 2.29. The molecule has 0 spiro atoms. The van der Waals surface area contributed by atoms with Gasteiger partial charge in [-0.3, -0.25) is 28.8 Å². The van der Waals surface area contributed by atoms with Gasteiger partial charge in [-0.05, 0) is 12.1 Å². The number of nitrogens with zero attached hydrogens (tertiary/aromatic N) is 1. The van der Waals surface area contributed by atoms with Crippen molar-refractivity contribution in [2.45, 2.75) is 38.5 Å². The summed E-state index contributed by atoms with van der Waals surface area (Å²) in [5, 5.41) is 2.57. The number of hydrogen-bond acceptors (Lipinski definition) is 19. The molecule has 62 heavy (non-hydrogen) atoms. The van der Waals surface area contributed by atoms with Gasteiger partial charge in [0.15, 0.2) is 0 Å². The number of hydrogen-bond donors (Lipinski definition) is 6. The minimum absolute atomic E-state index is 0.0189. The predicted octanol–water partition coefficient (Wildman–Crippen LogP) is 6.05. The number of para-hydroxylation sites is 2. The molecule has 3 rings (SSSR count). The van der Waals surface area contributed by atoms with E-state index in [-0.39, 0.29) is 126 Å². The van der Waals surface area contributed by atoms with Gasteiger partial charge in [-0.1, -0.05) is 43.0 Å².